The highest BCUT2D eigenvalue weighted by Crippen LogP contribution is 2.32. The number of aliphatic hydroxyl groups excluding tert-OH is 8. The Kier molecular flexibility index (Phi) is 10.1. The van der Waals surface area contributed by atoms with E-state index in [2.05, 4.69) is 5.32 Å². The normalized spacial score (nSPS) is 46.8. The van der Waals surface area contributed by atoms with E-state index < -0.39 is 117 Å². The predicted octanol–water partition coefficient (Wildman–Crippen LogP) is -7.24. The van der Waals surface area contributed by atoms with E-state index >= 15 is 0 Å². The van der Waals surface area contributed by atoms with Crippen LogP contribution in [-0.4, -0.2) is 168 Å². The van der Waals surface area contributed by atoms with Gasteiger partial charge in [-0.2, -0.15) is 0 Å². The molecule has 11 N–H and O–H groups in total. The van der Waals surface area contributed by atoms with Crippen LogP contribution in [0, 0.1) is 0 Å². The topological polar surface area (TPSA) is 312 Å². The average Bonchev–Trinajstić information content (AvgIpc) is 2.86. The molecule has 3 heterocycles. The van der Waals surface area contributed by atoms with E-state index in [4.69, 9.17) is 23.7 Å². The molecule has 19 nitrogen and oxygen atoms in total. The van der Waals surface area contributed by atoms with E-state index in [0.29, 0.717) is 0 Å². The van der Waals surface area contributed by atoms with Crippen LogP contribution in [0.1, 0.15) is 6.92 Å². The Labute approximate surface area is 218 Å². The minimum Gasteiger partial charge on any atom is -0.479 e. The highest BCUT2D eigenvalue weighted by atomic mass is 16.7. The molecule has 0 saturated carbocycles. The molecule has 39 heavy (non-hydrogen) atoms. The zero-order valence-corrected chi connectivity index (χ0v) is 20.1. The molecular weight excluding hydrogens is 542 g/mol. The molecule has 3 rings (SSSR count). The van der Waals surface area contributed by atoms with Crippen molar-refractivity contribution in [2.75, 3.05) is 6.61 Å². The van der Waals surface area contributed by atoms with Crippen molar-refractivity contribution in [1.82, 2.24) is 5.32 Å². The van der Waals surface area contributed by atoms with E-state index in [1.165, 1.54) is 0 Å². The summed E-state index contributed by atoms with van der Waals surface area (Å²) in [5.74, 6) is -4.24. The summed E-state index contributed by atoms with van der Waals surface area (Å²) in [5.41, 5.74) is 0. The summed E-state index contributed by atoms with van der Waals surface area (Å²) in [4.78, 5) is 34.9. The van der Waals surface area contributed by atoms with Crippen LogP contribution in [0.2, 0.25) is 0 Å². The van der Waals surface area contributed by atoms with Crippen molar-refractivity contribution in [3.63, 3.8) is 0 Å². The van der Waals surface area contributed by atoms with Crippen molar-refractivity contribution >= 4 is 17.8 Å². The monoisotopic (exact) mass is 573 g/mol. The average molecular weight is 573 g/mol. The van der Waals surface area contributed by atoms with Gasteiger partial charge in [0.1, 0.15) is 61.0 Å². The van der Waals surface area contributed by atoms with Gasteiger partial charge in [-0.3, -0.25) is 4.79 Å². The van der Waals surface area contributed by atoms with Gasteiger partial charge in [-0.25, -0.2) is 9.59 Å². The number of amides is 1. The van der Waals surface area contributed by atoms with Gasteiger partial charge in [0.25, 0.3) is 0 Å². The number of ether oxygens (including phenoxy) is 5. The zero-order valence-electron chi connectivity index (χ0n) is 20.1. The first-order valence-electron chi connectivity index (χ1n) is 11.6. The van der Waals surface area contributed by atoms with Crippen molar-refractivity contribution in [1.29, 1.82) is 0 Å². The quantitative estimate of drug-likeness (QED) is 0.128. The second-order valence-electron chi connectivity index (χ2n) is 9.15. The van der Waals surface area contributed by atoms with Gasteiger partial charge in [0.2, 0.25) is 5.91 Å². The van der Waals surface area contributed by atoms with Crippen LogP contribution in [0.3, 0.4) is 0 Å². The van der Waals surface area contributed by atoms with Gasteiger partial charge in [0.15, 0.2) is 31.1 Å². The zero-order chi connectivity index (χ0) is 29.3. The first-order chi connectivity index (χ1) is 18.2. The van der Waals surface area contributed by atoms with E-state index in [1.54, 1.807) is 0 Å². The lowest BCUT2D eigenvalue weighted by Crippen LogP contribution is -2.69. The van der Waals surface area contributed by atoms with Crippen LogP contribution in [0.15, 0.2) is 0 Å². The smallest absolute Gasteiger partial charge is 0.335 e. The number of carbonyl (C=O) groups excluding carboxylic acids is 1. The summed E-state index contributed by atoms with van der Waals surface area (Å²) in [6.07, 6.45) is -27.6. The molecule has 19 heteroatoms. The molecule has 3 fully saturated rings. The molecule has 0 spiro atoms. The maximum absolute atomic E-state index is 11.9. The maximum atomic E-state index is 11.9. The van der Waals surface area contributed by atoms with Crippen molar-refractivity contribution in [2.24, 2.45) is 0 Å². The van der Waals surface area contributed by atoms with Gasteiger partial charge in [0, 0.05) is 6.92 Å². The highest BCUT2D eigenvalue weighted by Gasteiger charge is 2.55. The third kappa shape index (κ3) is 6.46. The van der Waals surface area contributed by atoms with E-state index in [9.17, 15) is 65.4 Å². The summed E-state index contributed by atoms with van der Waals surface area (Å²) in [5, 5.41) is 102. The third-order valence-corrected chi connectivity index (χ3v) is 6.42. The fourth-order valence-corrected chi connectivity index (χ4v) is 4.41. The first kappa shape index (κ1) is 31.4. The van der Waals surface area contributed by atoms with Crippen LogP contribution in [-0.2, 0) is 38.1 Å². The molecule has 1 amide bonds. The predicted molar refractivity (Wildman–Crippen MR) is 114 cm³/mol. The molecule has 0 aromatic heterocycles. The van der Waals surface area contributed by atoms with Crippen molar-refractivity contribution < 1.29 is 89.1 Å². The van der Waals surface area contributed by atoms with Gasteiger partial charge in [-0.1, -0.05) is 0 Å². The fraction of sp³-hybridized carbons (Fsp3) is 0.850. The second-order valence-corrected chi connectivity index (χ2v) is 9.15. The van der Waals surface area contributed by atoms with Gasteiger partial charge in [-0.15, -0.1) is 0 Å². The van der Waals surface area contributed by atoms with Crippen LogP contribution in [0.25, 0.3) is 0 Å². The van der Waals surface area contributed by atoms with E-state index in [1.807, 2.05) is 0 Å². The number of aliphatic hydroxyl groups is 8. The number of carbonyl (C=O) groups is 3. The Morgan fingerprint density at radius 1 is 0.692 bits per heavy atom. The van der Waals surface area contributed by atoms with Crippen molar-refractivity contribution in [3.8, 4) is 0 Å². The van der Waals surface area contributed by atoms with Crippen LogP contribution < -0.4 is 5.32 Å². The van der Waals surface area contributed by atoms with Gasteiger partial charge < -0.3 is 80.1 Å². The number of nitrogens with one attached hydrogen (secondary N) is 1. The third-order valence-electron chi connectivity index (χ3n) is 6.42. The Morgan fingerprint density at radius 3 is 1.82 bits per heavy atom. The summed E-state index contributed by atoms with van der Waals surface area (Å²) in [6.45, 7) is 0.0534. The second kappa shape index (κ2) is 12.6. The summed E-state index contributed by atoms with van der Waals surface area (Å²) in [6, 6.07) is -1.66. The number of hydrogen-bond donors (Lipinski definition) is 11. The molecule has 3 saturated heterocycles. The molecular formula is C20H31NO18. The minimum atomic E-state index is -2.10. The first-order valence-corrected chi connectivity index (χ1v) is 11.6. The molecule has 1 unspecified atom stereocenters. The number of hydrogen-bond acceptors (Lipinski definition) is 16. The summed E-state index contributed by atoms with van der Waals surface area (Å²) >= 11 is 0. The maximum Gasteiger partial charge on any atom is 0.335 e. The molecule has 0 radical (unpaired) electrons. The largest absolute Gasteiger partial charge is 0.479 e. The van der Waals surface area contributed by atoms with Crippen LogP contribution >= 0.6 is 0 Å². The molecule has 3 aliphatic heterocycles. The Morgan fingerprint density at radius 2 is 1.28 bits per heavy atom. The molecule has 0 bridgehead atoms. The lowest BCUT2D eigenvalue weighted by molar-refractivity contribution is -0.360. The fourth-order valence-electron chi connectivity index (χ4n) is 4.41. The SMILES string of the molecule is CC(=O)N[C@H]1[C@@H](O[C@H]2[C@H](O)[C@@H](O)C(O)O[C@@H]2C(=O)O)O[C@H](CO)[C@@H](O[C@@H]2O[C@@H](C(=O)O)[C@@H](O)[C@H](O)[C@H]2O)[C@@H]1O. The number of rotatable bonds is 8. The highest BCUT2D eigenvalue weighted by molar-refractivity contribution is 5.74. The molecule has 3 aliphatic rings. The Balaban J connectivity index is 1.87. The van der Waals surface area contributed by atoms with Crippen LogP contribution in [0.4, 0.5) is 0 Å². The number of aliphatic carboxylic acids is 2. The van der Waals surface area contributed by atoms with Crippen molar-refractivity contribution in [3.05, 3.63) is 0 Å². The molecule has 0 aromatic rings. The molecule has 0 aromatic carbocycles. The standard InChI is InChI=1S/C20H31NO18/c1-3(23)21-5-6(24)12(37-20-11(29)7(25)8(26)14(39-20)16(30)31)4(2-22)35-19(5)38-13-9(27)10(28)18(34)36-15(13)17(32)33/h4-15,18-20,22,24-29,34H,2H2,1H3,(H,21,23)(H,30,31)(H,32,33)/t4-,5-,6-,7+,8+,9-,10-,11-,12-,13+,14-,15+,18?,19-,20-/m1/s1. The Hall–Kier alpha value is -2.11. The van der Waals surface area contributed by atoms with Crippen molar-refractivity contribution in [2.45, 2.75) is 99.0 Å². The van der Waals surface area contributed by atoms with Gasteiger partial charge in [0.05, 0.1) is 6.61 Å². The lowest BCUT2D eigenvalue weighted by Gasteiger charge is -2.48. The molecule has 224 valence electrons. The minimum absolute atomic E-state index is 0.790. The Bertz CT molecular complexity index is 891. The lowest BCUT2D eigenvalue weighted by atomic mass is 9.94. The number of carboxylic acid groups (broad SMARTS) is 2. The number of carboxylic acids is 2. The van der Waals surface area contributed by atoms with E-state index in [0.717, 1.165) is 6.92 Å². The van der Waals surface area contributed by atoms with Crippen LogP contribution in [0.5, 0.6) is 0 Å². The summed E-state index contributed by atoms with van der Waals surface area (Å²) < 4.78 is 26.2. The van der Waals surface area contributed by atoms with Gasteiger partial charge >= 0.3 is 11.9 Å². The molecule has 0 aliphatic carbocycles. The van der Waals surface area contributed by atoms with Gasteiger partial charge in [-0.05, 0) is 0 Å². The summed E-state index contributed by atoms with van der Waals surface area (Å²) in [7, 11) is 0. The molecule has 15 atom stereocenters. The van der Waals surface area contributed by atoms with E-state index in [-0.39, 0.29) is 0 Å².